The number of rotatable bonds is 6. The Kier molecular flexibility index (Phi) is 4.62. The molecule has 5 nitrogen and oxygen atoms in total. The number of fused-ring (bicyclic) bond motifs is 1. The summed E-state index contributed by atoms with van der Waals surface area (Å²) >= 11 is 1.69. The molecule has 0 amide bonds. The van der Waals surface area contributed by atoms with E-state index >= 15 is 0 Å². The lowest BCUT2D eigenvalue weighted by Gasteiger charge is -2.17. The Balaban J connectivity index is 1.56. The molecule has 0 aliphatic heterocycles. The van der Waals surface area contributed by atoms with Gasteiger partial charge in [0.15, 0.2) is 0 Å². The Labute approximate surface area is 132 Å². The number of nitrogens with zero attached hydrogens (tertiary/aromatic N) is 2. The number of aliphatic hydroxyl groups is 1. The summed E-state index contributed by atoms with van der Waals surface area (Å²) in [6.45, 7) is 2.06. The maximum Gasteiger partial charge on any atom is 0.224 e. The molecule has 3 aromatic rings. The van der Waals surface area contributed by atoms with Crippen LogP contribution in [0.2, 0.25) is 0 Å². The van der Waals surface area contributed by atoms with Crippen molar-refractivity contribution in [2.75, 3.05) is 11.9 Å². The van der Waals surface area contributed by atoms with Gasteiger partial charge in [0.2, 0.25) is 5.95 Å². The molecule has 0 aliphatic carbocycles. The fourth-order valence-corrected chi connectivity index (χ4v) is 2.89. The molecule has 114 valence electrons. The fraction of sp³-hybridized carbons (Fsp3) is 0.250. The Hall–Kier alpha value is -2.02. The second-order valence-electron chi connectivity index (χ2n) is 4.93. The summed E-state index contributed by atoms with van der Waals surface area (Å²) in [7, 11) is 0. The third kappa shape index (κ3) is 3.59. The second-order valence-corrected chi connectivity index (χ2v) is 5.87. The normalized spacial score (nSPS) is 13.9. The molecule has 0 fully saturated rings. The van der Waals surface area contributed by atoms with Crippen molar-refractivity contribution in [2.45, 2.75) is 19.3 Å². The van der Waals surface area contributed by atoms with Crippen molar-refractivity contribution < 1.29 is 9.84 Å². The van der Waals surface area contributed by atoms with E-state index < -0.39 is 6.10 Å². The van der Waals surface area contributed by atoms with Gasteiger partial charge in [-0.2, -0.15) is 0 Å². The Morgan fingerprint density at radius 1 is 1.27 bits per heavy atom. The van der Waals surface area contributed by atoms with Gasteiger partial charge >= 0.3 is 0 Å². The summed E-state index contributed by atoms with van der Waals surface area (Å²) in [4.78, 5) is 8.14. The van der Waals surface area contributed by atoms with E-state index in [2.05, 4.69) is 15.3 Å². The van der Waals surface area contributed by atoms with Gasteiger partial charge in [0.1, 0.15) is 12.3 Å². The number of aliphatic hydroxyl groups excluding tert-OH is 1. The molecule has 6 heteroatoms. The number of anilines is 1. The van der Waals surface area contributed by atoms with E-state index in [-0.39, 0.29) is 12.8 Å². The third-order valence-corrected chi connectivity index (χ3v) is 4.16. The second kappa shape index (κ2) is 6.83. The van der Waals surface area contributed by atoms with Crippen molar-refractivity contribution in [3.05, 3.63) is 53.7 Å². The van der Waals surface area contributed by atoms with E-state index in [9.17, 15) is 5.11 Å². The van der Waals surface area contributed by atoms with Crippen LogP contribution >= 0.6 is 11.3 Å². The van der Waals surface area contributed by atoms with E-state index in [1.165, 1.54) is 4.70 Å². The number of aromatic nitrogens is 2. The van der Waals surface area contributed by atoms with Gasteiger partial charge in [0.05, 0.1) is 6.61 Å². The standard InChI is InChI=1S/C16H17N3O2S/c1-11(19-16-17-6-2-7-18-16)21-10-14(20)12-3-4-15-13(9-12)5-8-22-15/h2-9,11,14,20H,10H2,1H3,(H,17,18,19). The summed E-state index contributed by atoms with van der Waals surface area (Å²) in [5, 5.41) is 16.5. The van der Waals surface area contributed by atoms with Gasteiger partial charge in [-0.15, -0.1) is 11.3 Å². The SMILES string of the molecule is CC(Nc1ncccn1)OCC(O)c1ccc2sccc2c1. The molecule has 2 unspecified atom stereocenters. The molecule has 0 bridgehead atoms. The molecule has 22 heavy (non-hydrogen) atoms. The zero-order valence-corrected chi connectivity index (χ0v) is 13.0. The van der Waals surface area contributed by atoms with Gasteiger partial charge in [0, 0.05) is 17.1 Å². The van der Waals surface area contributed by atoms with Gasteiger partial charge < -0.3 is 15.2 Å². The molecule has 0 spiro atoms. The summed E-state index contributed by atoms with van der Waals surface area (Å²) < 4.78 is 6.83. The highest BCUT2D eigenvalue weighted by molar-refractivity contribution is 7.17. The van der Waals surface area contributed by atoms with Crippen LogP contribution in [-0.4, -0.2) is 27.9 Å². The van der Waals surface area contributed by atoms with Crippen molar-refractivity contribution in [3.63, 3.8) is 0 Å². The van der Waals surface area contributed by atoms with Gasteiger partial charge in [-0.3, -0.25) is 0 Å². The summed E-state index contributed by atoms with van der Waals surface area (Å²) in [5.41, 5.74) is 0.856. The van der Waals surface area contributed by atoms with E-state index in [0.717, 1.165) is 10.9 Å². The highest BCUT2D eigenvalue weighted by Gasteiger charge is 2.11. The minimum absolute atomic E-state index is 0.205. The van der Waals surface area contributed by atoms with Gasteiger partial charge in [0.25, 0.3) is 0 Å². The topological polar surface area (TPSA) is 67.3 Å². The van der Waals surface area contributed by atoms with Crippen LogP contribution in [0, 0.1) is 0 Å². The molecule has 2 atom stereocenters. The largest absolute Gasteiger partial charge is 0.386 e. The molecule has 3 rings (SSSR count). The van der Waals surface area contributed by atoms with E-state index in [1.54, 1.807) is 29.8 Å². The predicted octanol–water partition coefficient (Wildman–Crippen LogP) is 3.20. The highest BCUT2D eigenvalue weighted by Crippen LogP contribution is 2.24. The first-order chi connectivity index (χ1) is 10.7. The molecular weight excluding hydrogens is 298 g/mol. The van der Waals surface area contributed by atoms with Crippen LogP contribution in [0.4, 0.5) is 5.95 Å². The van der Waals surface area contributed by atoms with Gasteiger partial charge in [-0.1, -0.05) is 6.07 Å². The van der Waals surface area contributed by atoms with Crippen molar-refractivity contribution in [2.24, 2.45) is 0 Å². The molecule has 1 aromatic carbocycles. The van der Waals surface area contributed by atoms with Crippen molar-refractivity contribution in [3.8, 4) is 0 Å². The first-order valence-electron chi connectivity index (χ1n) is 7.03. The average Bonchev–Trinajstić information content (AvgIpc) is 3.01. The summed E-state index contributed by atoms with van der Waals surface area (Å²) in [5.74, 6) is 0.504. The lowest BCUT2D eigenvalue weighted by molar-refractivity contribution is 0.00822. The number of ether oxygens (including phenoxy) is 1. The lowest BCUT2D eigenvalue weighted by atomic mass is 10.1. The van der Waals surface area contributed by atoms with Crippen LogP contribution in [0.15, 0.2) is 48.1 Å². The summed E-state index contributed by atoms with van der Waals surface area (Å²) in [6, 6.07) is 9.76. The predicted molar refractivity (Wildman–Crippen MR) is 87.9 cm³/mol. The lowest BCUT2D eigenvalue weighted by Crippen LogP contribution is -2.23. The van der Waals surface area contributed by atoms with Crippen LogP contribution in [0.1, 0.15) is 18.6 Å². The van der Waals surface area contributed by atoms with Crippen LogP contribution in [0.5, 0.6) is 0 Å². The maximum absolute atomic E-state index is 10.3. The minimum Gasteiger partial charge on any atom is -0.386 e. The zero-order chi connectivity index (χ0) is 15.4. The molecule has 2 aromatic heterocycles. The fourth-order valence-electron chi connectivity index (χ4n) is 2.12. The van der Waals surface area contributed by atoms with Crippen molar-refractivity contribution >= 4 is 27.4 Å². The number of hydrogen-bond donors (Lipinski definition) is 2. The number of thiophene rings is 1. The first-order valence-corrected chi connectivity index (χ1v) is 7.91. The Morgan fingerprint density at radius 2 is 2.09 bits per heavy atom. The van der Waals surface area contributed by atoms with Crippen LogP contribution in [-0.2, 0) is 4.74 Å². The first kappa shape index (κ1) is 14.9. The van der Waals surface area contributed by atoms with E-state index in [0.29, 0.717) is 5.95 Å². The molecule has 2 N–H and O–H groups in total. The van der Waals surface area contributed by atoms with E-state index in [1.807, 2.05) is 36.6 Å². The van der Waals surface area contributed by atoms with Crippen LogP contribution in [0.3, 0.4) is 0 Å². The number of nitrogens with one attached hydrogen (secondary N) is 1. The van der Waals surface area contributed by atoms with Crippen LogP contribution < -0.4 is 5.32 Å². The molecule has 2 heterocycles. The maximum atomic E-state index is 10.3. The Morgan fingerprint density at radius 3 is 2.91 bits per heavy atom. The molecule has 0 radical (unpaired) electrons. The van der Waals surface area contributed by atoms with Crippen LogP contribution in [0.25, 0.3) is 10.1 Å². The Bertz CT molecular complexity index is 732. The zero-order valence-electron chi connectivity index (χ0n) is 12.1. The van der Waals surface area contributed by atoms with Gasteiger partial charge in [-0.05, 0) is 47.5 Å². The molecule has 0 aliphatic rings. The van der Waals surface area contributed by atoms with Crippen molar-refractivity contribution in [1.29, 1.82) is 0 Å². The quantitative estimate of drug-likeness (QED) is 0.684. The monoisotopic (exact) mass is 315 g/mol. The number of hydrogen-bond acceptors (Lipinski definition) is 6. The highest BCUT2D eigenvalue weighted by atomic mass is 32.1. The smallest absolute Gasteiger partial charge is 0.224 e. The molecule has 0 saturated heterocycles. The summed E-state index contributed by atoms with van der Waals surface area (Å²) in [6.07, 6.45) is 2.37. The van der Waals surface area contributed by atoms with Crippen molar-refractivity contribution in [1.82, 2.24) is 9.97 Å². The molecular formula is C16H17N3O2S. The third-order valence-electron chi connectivity index (χ3n) is 3.26. The minimum atomic E-state index is -0.662. The van der Waals surface area contributed by atoms with E-state index in [4.69, 9.17) is 4.74 Å². The van der Waals surface area contributed by atoms with Gasteiger partial charge in [-0.25, -0.2) is 9.97 Å². The number of benzene rings is 1. The molecule has 0 saturated carbocycles. The average molecular weight is 315 g/mol.